The third-order valence-electron chi connectivity index (χ3n) is 3.59. The Labute approximate surface area is 109 Å². The first kappa shape index (κ1) is 11.5. The number of anilines is 1. The second-order valence-electron chi connectivity index (χ2n) is 4.74. The van der Waals surface area contributed by atoms with Crippen molar-refractivity contribution in [2.24, 2.45) is 0 Å². The number of aromatic nitrogens is 1. The minimum Gasteiger partial charge on any atom is -0.375 e. The zero-order valence-corrected chi connectivity index (χ0v) is 11.0. The number of hydrogen-bond acceptors (Lipinski definition) is 4. The van der Waals surface area contributed by atoms with Crippen LogP contribution in [0, 0.1) is 0 Å². The number of nitrogen functional groups attached to an aromatic ring is 1. The van der Waals surface area contributed by atoms with Crippen molar-refractivity contribution in [2.45, 2.75) is 25.3 Å². The largest absolute Gasteiger partial charge is 0.375 e. The molecule has 1 heterocycles. The second-order valence-corrected chi connectivity index (χ2v) is 5.80. The summed E-state index contributed by atoms with van der Waals surface area (Å²) in [6.07, 6.45) is 3.47. The van der Waals surface area contributed by atoms with Crippen molar-refractivity contribution in [1.82, 2.24) is 9.88 Å². The maximum Gasteiger partial charge on any atom is 0.253 e. The average molecular weight is 261 g/mol. The van der Waals surface area contributed by atoms with E-state index in [1.165, 1.54) is 17.8 Å². The van der Waals surface area contributed by atoms with Gasteiger partial charge in [-0.15, -0.1) is 0 Å². The molecule has 2 aromatic rings. The van der Waals surface area contributed by atoms with E-state index in [1.54, 1.807) is 0 Å². The molecule has 0 saturated heterocycles. The molecular weight excluding hydrogens is 246 g/mol. The van der Waals surface area contributed by atoms with Gasteiger partial charge in [-0.2, -0.15) is 0 Å². The molecule has 1 fully saturated rings. The minimum atomic E-state index is 0.0913. The van der Waals surface area contributed by atoms with E-state index in [2.05, 4.69) is 4.98 Å². The molecule has 1 aromatic heterocycles. The molecule has 3 rings (SSSR count). The molecule has 0 spiro atoms. The molecule has 5 heteroatoms. The van der Waals surface area contributed by atoms with Crippen molar-refractivity contribution in [2.75, 3.05) is 12.8 Å². The van der Waals surface area contributed by atoms with Gasteiger partial charge in [-0.3, -0.25) is 4.79 Å². The Hall–Kier alpha value is -1.62. The quantitative estimate of drug-likeness (QED) is 0.903. The van der Waals surface area contributed by atoms with Crippen molar-refractivity contribution < 1.29 is 4.79 Å². The van der Waals surface area contributed by atoms with E-state index >= 15 is 0 Å². The van der Waals surface area contributed by atoms with E-state index in [0.29, 0.717) is 11.2 Å². The lowest BCUT2D eigenvalue weighted by atomic mass is 9.91. The van der Waals surface area contributed by atoms with E-state index in [-0.39, 0.29) is 5.91 Å². The molecule has 1 amide bonds. The topological polar surface area (TPSA) is 59.2 Å². The summed E-state index contributed by atoms with van der Waals surface area (Å²) < 4.78 is 0.973. The summed E-state index contributed by atoms with van der Waals surface area (Å²) in [7, 11) is 1.89. The van der Waals surface area contributed by atoms with Gasteiger partial charge >= 0.3 is 0 Å². The molecule has 1 saturated carbocycles. The van der Waals surface area contributed by atoms with Crippen LogP contribution in [0.5, 0.6) is 0 Å². The molecule has 1 aliphatic rings. The van der Waals surface area contributed by atoms with Crippen LogP contribution < -0.4 is 5.73 Å². The lowest BCUT2D eigenvalue weighted by Gasteiger charge is -2.34. The molecule has 1 aromatic carbocycles. The van der Waals surface area contributed by atoms with Crippen molar-refractivity contribution in [3.8, 4) is 0 Å². The van der Waals surface area contributed by atoms with Crippen LogP contribution in [0.15, 0.2) is 18.2 Å². The first-order chi connectivity index (χ1) is 8.65. The highest BCUT2D eigenvalue weighted by Crippen LogP contribution is 2.27. The van der Waals surface area contributed by atoms with Crippen LogP contribution in [0.2, 0.25) is 0 Å². The number of hydrogen-bond donors (Lipinski definition) is 1. The van der Waals surface area contributed by atoms with E-state index in [0.717, 1.165) is 28.6 Å². The predicted molar refractivity (Wildman–Crippen MR) is 73.8 cm³/mol. The van der Waals surface area contributed by atoms with Gasteiger partial charge in [-0.05, 0) is 37.5 Å². The number of benzene rings is 1. The molecule has 0 radical (unpaired) electrons. The molecule has 94 valence electrons. The normalized spacial score (nSPS) is 15.6. The van der Waals surface area contributed by atoms with Gasteiger partial charge in [0.1, 0.15) is 0 Å². The number of carbonyl (C=O) groups excluding carboxylic acids is 1. The van der Waals surface area contributed by atoms with E-state index in [4.69, 9.17) is 5.73 Å². The number of rotatable bonds is 2. The van der Waals surface area contributed by atoms with Gasteiger partial charge in [0.15, 0.2) is 5.13 Å². The predicted octanol–water partition coefficient (Wildman–Crippen LogP) is 2.50. The highest BCUT2D eigenvalue weighted by Gasteiger charge is 2.26. The number of nitrogens with two attached hydrogens (primary N) is 1. The lowest BCUT2D eigenvalue weighted by molar-refractivity contribution is 0.0652. The minimum absolute atomic E-state index is 0.0913. The highest BCUT2D eigenvalue weighted by atomic mass is 32.1. The van der Waals surface area contributed by atoms with E-state index < -0.39 is 0 Å². The van der Waals surface area contributed by atoms with Gasteiger partial charge in [0, 0.05) is 18.7 Å². The van der Waals surface area contributed by atoms with Gasteiger partial charge in [-0.1, -0.05) is 11.3 Å². The maximum atomic E-state index is 12.3. The van der Waals surface area contributed by atoms with Gasteiger partial charge in [0.05, 0.1) is 10.2 Å². The standard InChI is InChI=1S/C13H15N3OS/c1-16(9-3-2-4-9)12(17)8-5-6-10-11(7-8)18-13(14)15-10/h5-7,9H,2-4H2,1H3,(H2,14,15). The van der Waals surface area contributed by atoms with E-state index in [1.807, 2.05) is 30.1 Å². The van der Waals surface area contributed by atoms with Gasteiger partial charge < -0.3 is 10.6 Å². The summed E-state index contributed by atoms with van der Waals surface area (Å²) in [5.41, 5.74) is 7.25. The first-order valence-electron chi connectivity index (χ1n) is 6.08. The molecule has 4 nitrogen and oxygen atoms in total. The van der Waals surface area contributed by atoms with Crippen molar-refractivity contribution in [1.29, 1.82) is 0 Å². The summed E-state index contributed by atoms with van der Waals surface area (Å²) in [6, 6.07) is 6.00. The number of fused-ring (bicyclic) bond motifs is 1. The molecular formula is C13H15N3OS. The Kier molecular flexibility index (Phi) is 2.70. The van der Waals surface area contributed by atoms with Crippen LogP contribution in [0.25, 0.3) is 10.2 Å². The van der Waals surface area contributed by atoms with Crippen LogP contribution in [0.3, 0.4) is 0 Å². The molecule has 0 unspecified atom stereocenters. The van der Waals surface area contributed by atoms with Crippen molar-refractivity contribution in [3.05, 3.63) is 23.8 Å². The Bertz CT molecular complexity index is 603. The summed E-state index contributed by atoms with van der Waals surface area (Å²) >= 11 is 1.42. The molecule has 1 aliphatic carbocycles. The summed E-state index contributed by atoms with van der Waals surface area (Å²) in [4.78, 5) is 18.4. The fourth-order valence-electron chi connectivity index (χ4n) is 2.22. The highest BCUT2D eigenvalue weighted by molar-refractivity contribution is 7.22. The zero-order valence-electron chi connectivity index (χ0n) is 10.2. The van der Waals surface area contributed by atoms with E-state index in [9.17, 15) is 4.79 Å². The van der Waals surface area contributed by atoms with Gasteiger partial charge in [-0.25, -0.2) is 4.98 Å². The van der Waals surface area contributed by atoms with Crippen molar-refractivity contribution >= 4 is 32.6 Å². The monoisotopic (exact) mass is 261 g/mol. The third-order valence-corrected chi connectivity index (χ3v) is 4.44. The summed E-state index contributed by atoms with van der Waals surface area (Å²) in [6.45, 7) is 0. The molecule has 18 heavy (non-hydrogen) atoms. The van der Waals surface area contributed by atoms with Crippen LogP contribution in [-0.2, 0) is 0 Å². The molecule has 0 aliphatic heterocycles. The SMILES string of the molecule is CN(C(=O)c1ccc2nc(N)sc2c1)C1CCC1. The Morgan fingerprint density at radius 2 is 2.28 bits per heavy atom. The Morgan fingerprint density at radius 1 is 1.50 bits per heavy atom. The third kappa shape index (κ3) is 1.84. The second kappa shape index (κ2) is 4.24. The number of amides is 1. The number of nitrogens with zero attached hydrogens (tertiary/aromatic N) is 2. The lowest BCUT2D eigenvalue weighted by Crippen LogP contribution is -2.41. The van der Waals surface area contributed by atoms with Crippen LogP contribution >= 0.6 is 11.3 Å². The number of thiazole rings is 1. The Morgan fingerprint density at radius 3 is 2.94 bits per heavy atom. The summed E-state index contributed by atoms with van der Waals surface area (Å²) in [5, 5.41) is 0.543. The summed E-state index contributed by atoms with van der Waals surface area (Å²) in [5.74, 6) is 0.0913. The van der Waals surface area contributed by atoms with Crippen LogP contribution in [0.1, 0.15) is 29.6 Å². The Balaban J connectivity index is 1.90. The maximum absolute atomic E-state index is 12.3. The molecule has 2 N–H and O–H groups in total. The average Bonchev–Trinajstić information content (AvgIpc) is 2.64. The fraction of sp³-hybridized carbons (Fsp3) is 0.385. The number of carbonyl (C=O) groups is 1. The van der Waals surface area contributed by atoms with Gasteiger partial charge in [0.25, 0.3) is 5.91 Å². The van der Waals surface area contributed by atoms with Gasteiger partial charge in [0.2, 0.25) is 0 Å². The fourth-order valence-corrected chi connectivity index (χ4v) is 2.99. The molecule has 0 bridgehead atoms. The molecule has 0 atom stereocenters. The van der Waals surface area contributed by atoms with Crippen LogP contribution in [0.4, 0.5) is 5.13 Å². The van der Waals surface area contributed by atoms with Crippen LogP contribution in [-0.4, -0.2) is 28.9 Å². The van der Waals surface area contributed by atoms with Crippen molar-refractivity contribution in [3.63, 3.8) is 0 Å². The first-order valence-corrected chi connectivity index (χ1v) is 6.90. The smallest absolute Gasteiger partial charge is 0.253 e. The zero-order chi connectivity index (χ0) is 12.7.